The number of rotatable bonds is 8. The predicted octanol–water partition coefficient (Wildman–Crippen LogP) is 1.33. The Bertz CT molecular complexity index is 906. The van der Waals surface area contributed by atoms with E-state index in [0.29, 0.717) is 17.3 Å². The van der Waals surface area contributed by atoms with Crippen LogP contribution < -0.4 is 16.6 Å². The van der Waals surface area contributed by atoms with Gasteiger partial charge in [0.05, 0.1) is 5.39 Å². The van der Waals surface area contributed by atoms with E-state index in [2.05, 4.69) is 12.0 Å². The van der Waals surface area contributed by atoms with Crippen molar-refractivity contribution < 1.29 is 19.1 Å². The number of aryl methyl sites for hydroxylation is 1. The molecule has 2 aromatic rings. The Kier molecular flexibility index (Phi) is 7.04. The Hall–Kier alpha value is -3.23. The number of hydrogen-bond donors (Lipinski definition) is 2. The Morgan fingerprint density at radius 2 is 1.85 bits per heavy atom. The van der Waals surface area contributed by atoms with Gasteiger partial charge in [0.2, 0.25) is 0 Å². The van der Waals surface area contributed by atoms with Crippen LogP contribution in [-0.2, 0) is 16.1 Å². The second-order valence-corrected chi connectivity index (χ2v) is 5.97. The number of primary amides is 1. The fourth-order valence-electron chi connectivity index (χ4n) is 2.60. The maximum absolute atomic E-state index is 12.6. The maximum atomic E-state index is 12.6. The van der Waals surface area contributed by atoms with E-state index >= 15 is 0 Å². The number of carbonyl (C=O) groups is 3. The second-order valence-electron chi connectivity index (χ2n) is 5.97. The van der Waals surface area contributed by atoms with E-state index in [1.54, 1.807) is 29.6 Å². The molecule has 0 atom stereocenters. The van der Waals surface area contributed by atoms with Gasteiger partial charge in [0.1, 0.15) is 0 Å². The van der Waals surface area contributed by atoms with Gasteiger partial charge < -0.3 is 10.5 Å². The molecule has 27 heavy (non-hydrogen) atoms. The van der Waals surface area contributed by atoms with E-state index in [1.807, 2.05) is 0 Å². The van der Waals surface area contributed by atoms with Crippen molar-refractivity contribution >= 4 is 28.7 Å². The van der Waals surface area contributed by atoms with Crippen LogP contribution in [0.1, 0.15) is 43.1 Å². The molecular formula is C18H22N4O5. The average molecular weight is 374 g/mol. The molecule has 9 nitrogen and oxygen atoms in total. The van der Waals surface area contributed by atoms with Gasteiger partial charge in [-0.1, -0.05) is 44.4 Å². The number of urea groups is 1. The molecule has 1 heterocycles. The monoisotopic (exact) mass is 374 g/mol. The summed E-state index contributed by atoms with van der Waals surface area (Å²) in [5.74, 6) is -1.72. The molecule has 0 bridgehead atoms. The van der Waals surface area contributed by atoms with Gasteiger partial charge in [-0.15, -0.1) is 0 Å². The molecule has 0 unspecified atom stereocenters. The number of unbranched alkanes of at least 4 members (excludes halogenated alkanes) is 3. The van der Waals surface area contributed by atoms with Gasteiger partial charge in [0.15, 0.2) is 12.3 Å². The Balaban J connectivity index is 2.27. The maximum Gasteiger partial charge on any atom is 0.359 e. The number of amides is 3. The lowest BCUT2D eigenvalue weighted by Crippen LogP contribution is -2.38. The zero-order chi connectivity index (χ0) is 19.8. The van der Waals surface area contributed by atoms with Crippen molar-refractivity contribution in [1.82, 2.24) is 15.1 Å². The minimum atomic E-state index is -1.04. The van der Waals surface area contributed by atoms with E-state index in [9.17, 15) is 19.2 Å². The summed E-state index contributed by atoms with van der Waals surface area (Å²) in [7, 11) is 0. The topological polar surface area (TPSA) is 133 Å². The number of aromatic nitrogens is 2. The summed E-state index contributed by atoms with van der Waals surface area (Å²) in [5, 5.41) is 6.62. The normalized spacial score (nSPS) is 10.6. The number of imide groups is 1. The summed E-state index contributed by atoms with van der Waals surface area (Å²) in [6.45, 7) is 1.78. The molecule has 0 radical (unpaired) electrons. The van der Waals surface area contributed by atoms with Crippen molar-refractivity contribution in [2.45, 2.75) is 39.2 Å². The van der Waals surface area contributed by atoms with Crippen molar-refractivity contribution in [3.63, 3.8) is 0 Å². The molecule has 0 saturated carbocycles. The van der Waals surface area contributed by atoms with E-state index in [4.69, 9.17) is 10.5 Å². The Morgan fingerprint density at radius 1 is 1.15 bits per heavy atom. The summed E-state index contributed by atoms with van der Waals surface area (Å²) < 4.78 is 6.15. The zero-order valence-corrected chi connectivity index (χ0v) is 15.1. The third-order valence-corrected chi connectivity index (χ3v) is 3.88. The highest BCUT2D eigenvalue weighted by atomic mass is 16.5. The number of carbonyl (C=O) groups excluding carboxylic acids is 3. The molecule has 0 aliphatic heterocycles. The number of hydrogen-bond acceptors (Lipinski definition) is 6. The lowest BCUT2D eigenvalue weighted by molar-refractivity contribution is -0.123. The van der Waals surface area contributed by atoms with Crippen molar-refractivity contribution in [2.75, 3.05) is 6.61 Å². The molecule has 0 fully saturated rings. The first kappa shape index (κ1) is 20.1. The van der Waals surface area contributed by atoms with Crippen LogP contribution in [0.15, 0.2) is 29.1 Å². The van der Waals surface area contributed by atoms with Gasteiger partial charge in [-0.3, -0.25) is 14.9 Å². The van der Waals surface area contributed by atoms with Crippen molar-refractivity contribution in [3.05, 3.63) is 40.3 Å². The van der Waals surface area contributed by atoms with Gasteiger partial charge in [0, 0.05) is 11.9 Å². The molecule has 2 rings (SSSR count). The fourth-order valence-corrected chi connectivity index (χ4v) is 2.60. The van der Waals surface area contributed by atoms with E-state index < -0.39 is 24.5 Å². The van der Waals surface area contributed by atoms with E-state index in [1.165, 1.54) is 4.68 Å². The molecule has 1 aromatic carbocycles. The molecule has 144 valence electrons. The van der Waals surface area contributed by atoms with Crippen LogP contribution in [0, 0.1) is 0 Å². The summed E-state index contributed by atoms with van der Waals surface area (Å²) in [4.78, 5) is 47.0. The van der Waals surface area contributed by atoms with E-state index in [0.717, 1.165) is 25.7 Å². The van der Waals surface area contributed by atoms with E-state index in [-0.39, 0.29) is 11.3 Å². The third kappa shape index (κ3) is 5.37. The first-order valence-corrected chi connectivity index (χ1v) is 8.70. The number of nitrogens with one attached hydrogen (secondary N) is 1. The standard InChI is InChI=1S/C18H22N4O5/c1-2-3-4-7-10-22-16(24)13-9-6-5-8-12(13)15(21-22)17(25)27-11-14(23)20-18(19)26/h5-6,8-9H,2-4,7,10-11H2,1H3,(H3,19,20,23,26). The van der Waals surface area contributed by atoms with Gasteiger partial charge in [0.25, 0.3) is 11.5 Å². The summed E-state index contributed by atoms with van der Waals surface area (Å²) in [5.41, 5.74) is 4.48. The molecule has 0 aliphatic carbocycles. The highest BCUT2D eigenvalue weighted by Crippen LogP contribution is 2.14. The average Bonchev–Trinajstić information content (AvgIpc) is 2.64. The first-order valence-electron chi connectivity index (χ1n) is 8.70. The lowest BCUT2D eigenvalue weighted by Gasteiger charge is -2.10. The lowest BCUT2D eigenvalue weighted by atomic mass is 10.1. The van der Waals surface area contributed by atoms with Crippen LogP contribution in [0.5, 0.6) is 0 Å². The Labute approximate surface area is 155 Å². The number of nitrogens with zero attached hydrogens (tertiary/aromatic N) is 2. The van der Waals surface area contributed by atoms with Crippen molar-refractivity contribution in [1.29, 1.82) is 0 Å². The smallest absolute Gasteiger partial charge is 0.359 e. The summed E-state index contributed by atoms with van der Waals surface area (Å²) in [6.07, 6.45) is 3.82. The Morgan fingerprint density at radius 3 is 2.52 bits per heavy atom. The number of benzene rings is 1. The first-order chi connectivity index (χ1) is 12.9. The van der Waals surface area contributed by atoms with Crippen molar-refractivity contribution in [2.24, 2.45) is 5.73 Å². The van der Waals surface area contributed by atoms with Crippen LogP contribution in [-0.4, -0.2) is 34.3 Å². The SMILES string of the molecule is CCCCCCn1nc(C(=O)OCC(=O)NC(N)=O)c2ccccc2c1=O. The second kappa shape index (κ2) is 9.46. The number of ether oxygens (including phenoxy) is 1. The number of nitrogens with two attached hydrogens (primary N) is 1. The van der Waals surface area contributed by atoms with Crippen LogP contribution in [0.4, 0.5) is 4.79 Å². The molecule has 0 spiro atoms. The quantitative estimate of drug-likeness (QED) is 0.529. The molecule has 3 amide bonds. The zero-order valence-electron chi connectivity index (χ0n) is 15.1. The highest BCUT2D eigenvalue weighted by molar-refractivity contribution is 6.03. The molecule has 0 aliphatic rings. The minimum Gasteiger partial charge on any atom is -0.451 e. The molecular weight excluding hydrogens is 352 g/mol. The van der Waals surface area contributed by atoms with Gasteiger partial charge in [-0.25, -0.2) is 14.3 Å². The van der Waals surface area contributed by atoms with Gasteiger partial charge in [-0.05, 0) is 12.5 Å². The van der Waals surface area contributed by atoms with Gasteiger partial charge in [-0.2, -0.15) is 5.10 Å². The van der Waals surface area contributed by atoms with Crippen molar-refractivity contribution in [3.8, 4) is 0 Å². The third-order valence-electron chi connectivity index (χ3n) is 3.88. The van der Waals surface area contributed by atoms with Crippen LogP contribution >= 0.6 is 0 Å². The largest absolute Gasteiger partial charge is 0.451 e. The molecule has 3 N–H and O–H groups in total. The van der Waals surface area contributed by atoms with Crippen LogP contribution in [0.25, 0.3) is 10.8 Å². The fraction of sp³-hybridized carbons (Fsp3) is 0.389. The number of fused-ring (bicyclic) bond motifs is 1. The van der Waals surface area contributed by atoms with Crippen LogP contribution in [0.2, 0.25) is 0 Å². The van der Waals surface area contributed by atoms with Crippen LogP contribution in [0.3, 0.4) is 0 Å². The predicted molar refractivity (Wildman–Crippen MR) is 98.2 cm³/mol. The molecule has 0 saturated heterocycles. The molecule has 9 heteroatoms. The summed E-state index contributed by atoms with van der Waals surface area (Å²) >= 11 is 0. The minimum absolute atomic E-state index is 0.0624. The van der Waals surface area contributed by atoms with Gasteiger partial charge >= 0.3 is 12.0 Å². The number of esters is 1. The highest BCUT2D eigenvalue weighted by Gasteiger charge is 2.19. The molecule has 1 aromatic heterocycles. The summed E-state index contributed by atoms with van der Waals surface area (Å²) in [6, 6.07) is 5.52.